The van der Waals surface area contributed by atoms with Crippen molar-refractivity contribution >= 4 is 0 Å². The summed E-state index contributed by atoms with van der Waals surface area (Å²) in [7, 11) is 0. The van der Waals surface area contributed by atoms with Gasteiger partial charge in [0, 0.05) is 17.6 Å². The number of aromatic nitrogens is 1. The van der Waals surface area contributed by atoms with Crippen LogP contribution < -0.4 is 10.1 Å². The first-order valence-electron chi connectivity index (χ1n) is 6.98. The van der Waals surface area contributed by atoms with Crippen LogP contribution in [-0.2, 0) is 6.54 Å². The number of nitrogens with zero attached hydrogens (tertiary/aromatic N) is 1. The van der Waals surface area contributed by atoms with E-state index in [2.05, 4.69) is 31.1 Å². The number of pyridine rings is 1. The molecule has 4 heteroatoms. The maximum absolute atomic E-state index is 13.4. The lowest BCUT2D eigenvalue weighted by Crippen LogP contribution is -2.35. The van der Waals surface area contributed by atoms with Gasteiger partial charge in [0.2, 0.25) is 5.88 Å². The molecule has 0 radical (unpaired) electrons. The Hall–Kier alpha value is -1.94. The highest BCUT2D eigenvalue weighted by Gasteiger charge is 2.14. The average molecular weight is 288 g/mol. The molecule has 0 fully saturated rings. The molecule has 0 saturated carbocycles. The zero-order valence-corrected chi connectivity index (χ0v) is 12.9. The van der Waals surface area contributed by atoms with E-state index in [9.17, 15) is 4.39 Å². The van der Waals surface area contributed by atoms with Crippen molar-refractivity contribution in [2.24, 2.45) is 0 Å². The summed E-state index contributed by atoms with van der Waals surface area (Å²) in [6, 6.07) is 9.15. The van der Waals surface area contributed by atoms with Crippen LogP contribution in [0.15, 0.2) is 36.5 Å². The largest absolute Gasteiger partial charge is 0.438 e. The first-order chi connectivity index (χ1) is 9.85. The van der Waals surface area contributed by atoms with Gasteiger partial charge in [0.05, 0.1) is 6.20 Å². The van der Waals surface area contributed by atoms with Crippen LogP contribution in [0.1, 0.15) is 31.9 Å². The molecule has 0 atom stereocenters. The van der Waals surface area contributed by atoms with Gasteiger partial charge in [0.15, 0.2) is 0 Å². The summed E-state index contributed by atoms with van der Waals surface area (Å²) in [6.45, 7) is 8.63. The number of para-hydroxylation sites is 1. The van der Waals surface area contributed by atoms with Crippen LogP contribution in [0.25, 0.3) is 0 Å². The van der Waals surface area contributed by atoms with Crippen molar-refractivity contribution in [2.45, 2.75) is 39.8 Å². The predicted molar refractivity (Wildman–Crippen MR) is 82.0 cm³/mol. The van der Waals surface area contributed by atoms with Gasteiger partial charge < -0.3 is 10.1 Å². The van der Waals surface area contributed by atoms with Crippen molar-refractivity contribution in [3.8, 4) is 11.6 Å². The second kappa shape index (κ2) is 6.22. The molecule has 0 aliphatic heterocycles. The summed E-state index contributed by atoms with van der Waals surface area (Å²) in [6.07, 6.45) is 1.17. The van der Waals surface area contributed by atoms with Crippen LogP contribution in [0.5, 0.6) is 11.6 Å². The highest BCUT2D eigenvalue weighted by Crippen LogP contribution is 2.26. The lowest BCUT2D eigenvalue weighted by molar-refractivity contribution is 0.406. The lowest BCUT2D eigenvalue weighted by Gasteiger charge is -2.21. The molecular formula is C17H21FN2O. The van der Waals surface area contributed by atoms with Gasteiger partial charge in [-0.25, -0.2) is 9.37 Å². The molecule has 1 N–H and O–H groups in total. The quantitative estimate of drug-likeness (QED) is 0.915. The van der Waals surface area contributed by atoms with Crippen molar-refractivity contribution in [1.29, 1.82) is 0 Å². The maximum atomic E-state index is 13.4. The van der Waals surface area contributed by atoms with Gasteiger partial charge in [0.1, 0.15) is 11.6 Å². The number of hydrogen-bond donors (Lipinski definition) is 1. The van der Waals surface area contributed by atoms with Gasteiger partial charge in [-0.15, -0.1) is 0 Å². The third-order valence-corrected chi connectivity index (χ3v) is 3.00. The van der Waals surface area contributed by atoms with Crippen LogP contribution in [0.3, 0.4) is 0 Å². The third-order valence-electron chi connectivity index (χ3n) is 3.00. The maximum Gasteiger partial charge on any atom is 0.223 e. The van der Waals surface area contributed by atoms with E-state index >= 15 is 0 Å². The van der Waals surface area contributed by atoms with Crippen LogP contribution in [-0.4, -0.2) is 10.5 Å². The van der Waals surface area contributed by atoms with Crippen molar-refractivity contribution in [2.75, 3.05) is 0 Å². The fourth-order valence-electron chi connectivity index (χ4n) is 1.82. The van der Waals surface area contributed by atoms with Gasteiger partial charge in [-0.05, 0) is 45.4 Å². The van der Waals surface area contributed by atoms with Crippen LogP contribution in [0.2, 0.25) is 0 Å². The Kier molecular flexibility index (Phi) is 4.58. The molecule has 0 saturated heterocycles. The summed E-state index contributed by atoms with van der Waals surface area (Å²) in [5.41, 5.74) is 1.65. The molecule has 21 heavy (non-hydrogen) atoms. The van der Waals surface area contributed by atoms with E-state index in [0.29, 0.717) is 18.0 Å². The number of aryl methyl sites for hydroxylation is 1. The Labute approximate surface area is 125 Å². The molecule has 2 aromatic rings. The Morgan fingerprint density at radius 1 is 1.24 bits per heavy atom. The van der Waals surface area contributed by atoms with Crippen LogP contribution in [0, 0.1) is 12.7 Å². The van der Waals surface area contributed by atoms with Crippen molar-refractivity contribution in [3.63, 3.8) is 0 Å². The summed E-state index contributed by atoms with van der Waals surface area (Å²) < 4.78 is 19.3. The molecular weight excluding hydrogens is 267 g/mol. The number of ether oxygens (including phenoxy) is 1. The van der Waals surface area contributed by atoms with E-state index in [4.69, 9.17) is 4.74 Å². The molecule has 0 bridgehead atoms. The highest BCUT2D eigenvalue weighted by molar-refractivity contribution is 5.37. The van der Waals surface area contributed by atoms with Gasteiger partial charge in [-0.1, -0.05) is 18.2 Å². The molecule has 0 unspecified atom stereocenters. The van der Waals surface area contributed by atoms with Crippen molar-refractivity contribution < 1.29 is 9.13 Å². The number of nitrogens with one attached hydrogen (secondary N) is 1. The summed E-state index contributed by atoms with van der Waals surface area (Å²) >= 11 is 0. The molecule has 0 aliphatic carbocycles. The van der Waals surface area contributed by atoms with Crippen LogP contribution in [0.4, 0.5) is 4.39 Å². The Balaban J connectivity index is 2.25. The molecule has 1 aromatic carbocycles. The first kappa shape index (κ1) is 15.4. The molecule has 1 heterocycles. The van der Waals surface area contributed by atoms with Gasteiger partial charge in [-0.3, -0.25) is 0 Å². The zero-order valence-electron chi connectivity index (χ0n) is 12.9. The fraction of sp³-hybridized carbons (Fsp3) is 0.353. The molecule has 0 amide bonds. The second-order valence-electron chi connectivity index (χ2n) is 6.09. The minimum Gasteiger partial charge on any atom is -0.438 e. The Morgan fingerprint density at radius 3 is 2.62 bits per heavy atom. The molecule has 2 rings (SSSR count). The lowest BCUT2D eigenvalue weighted by atomic mass is 10.1. The Bertz CT molecular complexity index is 620. The standard InChI is InChI=1S/C17H21FN2O/c1-12-7-5-6-8-15(12)21-16-13(9-14(18)11-19-16)10-20-17(2,3)4/h5-9,11,20H,10H2,1-4H3. The van der Waals surface area contributed by atoms with E-state index < -0.39 is 0 Å². The van der Waals surface area contributed by atoms with Gasteiger partial charge >= 0.3 is 0 Å². The normalized spacial score (nSPS) is 11.5. The fourth-order valence-corrected chi connectivity index (χ4v) is 1.82. The minimum absolute atomic E-state index is 0.0632. The topological polar surface area (TPSA) is 34.1 Å². The molecule has 1 aromatic heterocycles. The third kappa shape index (κ3) is 4.53. The van der Waals surface area contributed by atoms with E-state index in [-0.39, 0.29) is 11.4 Å². The average Bonchev–Trinajstić information content (AvgIpc) is 2.40. The van der Waals surface area contributed by atoms with Gasteiger partial charge in [0.25, 0.3) is 0 Å². The summed E-state index contributed by atoms with van der Waals surface area (Å²) in [5, 5.41) is 3.32. The highest BCUT2D eigenvalue weighted by atomic mass is 19.1. The van der Waals surface area contributed by atoms with Crippen molar-refractivity contribution in [1.82, 2.24) is 10.3 Å². The molecule has 112 valence electrons. The van der Waals surface area contributed by atoms with E-state index in [1.54, 1.807) is 0 Å². The van der Waals surface area contributed by atoms with Crippen LogP contribution >= 0.6 is 0 Å². The predicted octanol–water partition coefficient (Wildman–Crippen LogP) is 4.21. The van der Waals surface area contributed by atoms with Gasteiger partial charge in [-0.2, -0.15) is 0 Å². The molecule has 3 nitrogen and oxygen atoms in total. The molecule has 0 aliphatic rings. The smallest absolute Gasteiger partial charge is 0.223 e. The summed E-state index contributed by atoms with van der Waals surface area (Å²) in [5.74, 6) is 0.800. The van der Waals surface area contributed by atoms with E-state index in [1.165, 1.54) is 12.3 Å². The number of halogens is 1. The first-order valence-corrected chi connectivity index (χ1v) is 6.98. The zero-order chi connectivity index (χ0) is 15.5. The van der Waals surface area contributed by atoms with E-state index in [1.807, 2.05) is 31.2 Å². The van der Waals surface area contributed by atoms with E-state index in [0.717, 1.165) is 11.3 Å². The minimum atomic E-state index is -0.363. The number of hydrogen-bond acceptors (Lipinski definition) is 3. The summed E-state index contributed by atoms with van der Waals surface area (Å²) in [4.78, 5) is 4.08. The number of benzene rings is 1. The second-order valence-corrected chi connectivity index (χ2v) is 6.09. The Morgan fingerprint density at radius 2 is 1.95 bits per heavy atom. The number of rotatable bonds is 4. The van der Waals surface area contributed by atoms with Crippen molar-refractivity contribution in [3.05, 3.63) is 53.5 Å². The SMILES string of the molecule is Cc1ccccc1Oc1ncc(F)cc1CNC(C)(C)C. The monoisotopic (exact) mass is 288 g/mol. The molecule has 0 spiro atoms.